The third-order valence-corrected chi connectivity index (χ3v) is 4.80. The van der Waals surface area contributed by atoms with Crippen LogP contribution >= 0.6 is 11.8 Å². The molecule has 1 aromatic heterocycles. The van der Waals surface area contributed by atoms with Gasteiger partial charge in [-0.2, -0.15) is 0 Å². The summed E-state index contributed by atoms with van der Waals surface area (Å²) in [5.74, 6) is 1.85. The third-order valence-electron chi connectivity index (χ3n) is 3.75. The Morgan fingerprint density at radius 1 is 1.40 bits per heavy atom. The normalized spacial score (nSPS) is 19.9. The molecule has 2 aliphatic carbocycles. The standard InChI is InChI=1S/C14H22N4OS/c1-3-8-15-13(19)9(2)20-14-17-16-12(10-4-5-10)18(14)11-6-7-11/h9-11H,3-8H2,1-2H3,(H,15,19)/t9-/m1/s1. The fraction of sp³-hybridized carbons (Fsp3) is 0.786. The van der Waals surface area contributed by atoms with Gasteiger partial charge in [0.25, 0.3) is 0 Å². The molecule has 0 saturated heterocycles. The zero-order valence-electron chi connectivity index (χ0n) is 12.1. The molecule has 0 bridgehead atoms. The third kappa shape index (κ3) is 3.00. The van der Waals surface area contributed by atoms with Crippen molar-refractivity contribution in [3.8, 4) is 0 Å². The van der Waals surface area contributed by atoms with Gasteiger partial charge in [0.2, 0.25) is 5.91 Å². The van der Waals surface area contributed by atoms with E-state index in [0.29, 0.717) is 12.0 Å². The van der Waals surface area contributed by atoms with E-state index in [2.05, 4.69) is 27.0 Å². The minimum absolute atomic E-state index is 0.0927. The molecule has 0 aliphatic heterocycles. The first-order chi connectivity index (χ1) is 9.70. The highest BCUT2D eigenvalue weighted by Crippen LogP contribution is 2.46. The van der Waals surface area contributed by atoms with Gasteiger partial charge in [-0.25, -0.2) is 0 Å². The maximum absolute atomic E-state index is 12.0. The second-order valence-corrected chi connectivity index (χ2v) is 7.08. The van der Waals surface area contributed by atoms with E-state index in [9.17, 15) is 4.79 Å². The first kappa shape index (κ1) is 13.9. The monoisotopic (exact) mass is 294 g/mol. The van der Waals surface area contributed by atoms with Gasteiger partial charge in [-0.05, 0) is 39.0 Å². The largest absolute Gasteiger partial charge is 0.355 e. The zero-order chi connectivity index (χ0) is 14.1. The maximum atomic E-state index is 12.0. The lowest BCUT2D eigenvalue weighted by Gasteiger charge is -2.12. The van der Waals surface area contributed by atoms with Gasteiger partial charge in [0.15, 0.2) is 5.16 Å². The lowest BCUT2D eigenvalue weighted by atomic mass is 10.4. The van der Waals surface area contributed by atoms with Crippen LogP contribution in [0.2, 0.25) is 0 Å². The van der Waals surface area contributed by atoms with Gasteiger partial charge in [0.1, 0.15) is 5.82 Å². The fourth-order valence-electron chi connectivity index (χ4n) is 2.27. The Balaban J connectivity index is 1.69. The van der Waals surface area contributed by atoms with Crippen molar-refractivity contribution in [2.24, 2.45) is 0 Å². The van der Waals surface area contributed by atoms with Crippen molar-refractivity contribution in [3.05, 3.63) is 5.82 Å². The summed E-state index contributed by atoms with van der Waals surface area (Å²) in [6.07, 6.45) is 5.89. The Morgan fingerprint density at radius 2 is 2.15 bits per heavy atom. The smallest absolute Gasteiger partial charge is 0.233 e. The van der Waals surface area contributed by atoms with Gasteiger partial charge < -0.3 is 9.88 Å². The molecule has 6 heteroatoms. The Labute approximate surface area is 123 Å². The van der Waals surface area contributed by atoms with Gasteiger partial charge in [-0.15, -0.1) is 10.2 Å². The molecule has 0 aromatic carbocycles. The molecule has 5 nitrogen and oxygen atoms in total. The molecule has 1 heterocycles. The Kier molecular flexibility index (Phi) is 4.01. The molecule has 1 atom stereocenters. The van der Waals surface area contributed by atoms with Crippen LogP contribution in [0.3, 0.4) is 0 Å². The Hall–Kier alpha value is -1.04. The average Bonchev–Trinajstić information content (AvgIpc) is 3.35. The number of thioether (sulfide) groups is 1. The van der Waals surface area contributed by atoms with Crippen molar-refractivity contribution in [1.82, 2.24) is 20.1 Å². The topological polar surface area (TPSA) is 59.8 Å². The van der Waals surface area contributed by atoms with Crippen LogP contribution in [0, 0.1) is 0 Å². The number of hydrogen-bond donors (Lipinski definition) is 1. The van der Waals surface area contributed by atoms with Crippen LogP contribution in [-0.4, -0.2) is 32.5 Å². The molecule has 2 aliphatic rings. The lowest BCUT2D eigenvalue weighted by Crippen LogP contribution is -2.31. The summed E-state index contributed by atoms with van der Waals surface area (Å²) in [7, 11) is 0. The van der Waals surface area contributed by atoms with E-state index in [-0.39, 0.29) is 11.2 Å². The van der Waals surface area contributed by atoms with Crippen LogP contribution in [0.15, 0.2) is 5.16 Å². The molecule has 110 valence electrons. The highest BCUT2D eigenvalue weighted by molar-refractivity contribution is 8.00. The van der Waals surface area contributed by atoms with Gasteiger partial charge >= 0.3 is 0 Å². The Morgan fingerprint density at radius 3 is 2.75 bits per heavy atom. The van der Waals surface area contributed by atoms with E-state index >= 15 is 0 Å². The highest BCUT2D eigenvalue weighted by Gasteiger charge is 2.36. The van der Waals surface area contributed by atoms with Crippen LogP contribution in [0.5, 0.6) is 0 Å². The van der Waals surface area contributed by atoms with Gasteiger partial charge in [0, 0.05) is 18.5 Å². The summed E-state index contributed by atoms with van der Waals surface area (Å²) >= 11 is 1.54. The quantitative estimate of drug-likeness (QED) is 0.785. The van der Waals surface area contributed by atoms with Crippen LogP contribution in [-0.2, 0) is 4.79 Å². The van der Waals surface area contributed by atoms with E-state index < -0.39 is 0 Å². The first-order valence-corrected chi connectivity index (χ1v) is 8.47. The summed E-state index contributed by atoms with van der Waals surface area (Å²) < 4.78 is 2.30. The van der Waals surface area contributed by atoms with Crippen molar-refractivity contribution in [1.29, 1.82) is 0 Å². The summed E-state index contributed by atoms with van der Waals surface area (Å²) in [4.78, 5) is 12.0. The second-order valence-electron chi connectivity index (χ2n) is 5.77. The zero-order valence-corrected chi connectivity index (χ0v) is 12.9. The summed E-state index contributed by atoms with van der Waals surface area (Å²) in [5, 5.41) is 12.5. The van der Waals surface area contributed by atoms with Crippen LogP contribution in [0.4, 0.5) is 0 Å². The average molecular weight is 294 g/mol. The van der Waals surface area contributed by atoms with Gasteiger partial charge in [-0.1, -0.05) is 18.7 Å². The predicted octanol–water partition coefficient (Wildman–Crippen LogP) is 2.50. The summed E-state index contributed by atoms with van der Waals surface area (Å²) in [6.45, 7) is 4.74. The molecule has 0 spiro atoms. The van der Waals surface area contributed by atoms with E-state index in [0.717, 1.165) is 23.9 Å². The van der Waals surface area contributed by atoms with Crippen molar-refractivity contribution < 1.29 is 4.79 Å². The number of carbonyl (C=O) groups is 1. The van der Waals surface area contributed by atoms with Gasteiger partial charge in [0.05, 0.1) is 5.25 Å². The van der Waals surface area contributed by atoms with Crippen LogP contribution < -0.4 is 5.32 Å². The number of nitrogens with zero attached hydrogens (tertiary/aromatic N) is 3. The van der Waals surface area contributed by atoms with Crippen LogP contribution in [0.1, 0.15) is 63.7 Å². The molecule has 2 fully saturated rings. The van der Waals surface area contributed by atoms with E-state index in [4.69, 9.17) is 0 Å². The number of rotatable bonds is 7. The van der Waals surface area contributed by atoms with Crippen molar-refractivity contribution in [2.75, 3.05) is 6.54 Å². The minimum Gasteiger partial charge on any atom is -0.355 e. The number of nitrogens with one attached hydrogen (secondary N) is 1. The molecular weight excluding hydrogens is 272 g/mol. The number of hydrogen-bond acceptors (Lipinski definition) is 4. The fourth-order valence-corrected chi connectivity index (χ4v) is 3.22. The van der Waals surface area contributed by atoms with Gasteiger partial charge in [-0.3, -0.25) is 4.79 Å². The molecule has 3 rings (SSSR count). The molecule has 2 saturated carbocycles. The van der Waals surface area contributed by atoms with Crippen molar-refractivity contribution in [2.45, 2.75) is 68.3 Å². The predicted molar refractivity (Wildman–Crippen MR) is 78.9 cm³/mol. The van der Waals surface area contributed by atoms with E-state index in [1.165, 1.54) is 25.7 Å². The number of carbonyl (C=O) groups excluding carboxylic acids is 1. The molecular formula is C14H22N4OS. The number of amides is 1. The molecule has 1 N–H and O–H groups in total. The van der Waals surface area contributed by atoms with Crippen LogP contribution in [0.25, 0.3) is 0 Å². The Bertz CT molecular complexity index is 493. The van der Waals surface area contributed by atoms with Crippen molar-refractivity contribution in [3.63, 3.8) is 0 Å². The van der Waals surface area contributed by atoms with E-state index in [1.54, 1.807) is 11.8 Å². The second kappa shape index (κ2) is 5.76. The highest BCUT2D eigenvalue weighted by atomic mass is 32.2. The molecule has 1 amide bonds. The van der Waals surface area contributed by atoms with E-state index in [1.807, 2.05) is 6.92 Å². The minimum atomic E-state index is -0.115. The molecule has 1 aromatic rings. The summed E-state index contributed by atoms with van der Waals surface area (Å²) in [6, 6.07) is 0.578. The molecule has 20 heavy (non-hydrogen) atoms. The first-order valence-electron chi connectivity index (χ1n) is 7.59. The SMILES string of the molecule is CCCNC(=O)[C@@H](C)Sc1nnc(C2CC2)n1C1CC1. The lowest BCUT2D eigenvalue weighted by molar-refractivity contribution is -0.120. The molecule has 0 unspecified atom stereocenters. The number of aromatic nitrogens is 3. The molecule has 0 radical (unpaired) electrons. The summed E-state index contributed by atoms with van der Waals surface area (Å²) in [5.41, 5.74) is 0. The van der Waals surface area contributed by atoms with Crippen molar-refractivity contribution >= 4 is 17.7 Å². The maximum Gasteiger partial charge on any atom is 0.233 e.